The summed E-state index contributed by atoms with van der Waals surface area (Å²) in [5, 5.41) is 27.1. The molecule has 0 saturated carbocycles. The highest BCUT2D eigenvalue weighted by Gasteiger charge is 2.18. The van der Waals surface area contributed by atoms with Gasteiger partial charge in [-0.25, -0.2) is 0 Å². The van der Waals surface area contributed by atoms with Gasteiger partial charge in [0.05, 0.1) is 22.8 Å². The van der Waals surface area contributed by atoms with Gasteiger partial charge in [0, 0.05) is 23.6 Å². The minimum atomic E-state index is -0.549. The fourth-order valence-corrected chi connectivity index (χ4v) is 3.87. The average molecular weight is 463 g/mol. The molecule has 3 aromatic rings. The monoisotopic (exact) mass is 462 g/mol. The number of furan rings is 1. The zero-order valence-corrected chi connectivity index (χ0v) is 18.9. The van der Waals surface area contributed by atoms with Crippen LogP contribution >= 0.6 is 11.8 Å². The minimum absolute atomic E-state index is 0.0163. The smallest absolute Gasteiger partial charge is 0.269 e. The van der Waals surface area contributed by atoms with Gasteiger partial charge >= 0.3 is 0 Å². The molecule has 0 spiro atoms. The highest BCUT2D eigenvalue weighted by molar-refractivity contribution is 8.02. The first-order valence-corrected chi connectivity index (χ1v) is 11.0. The molecule has 0 aliphatic rings. The van der Waals surface area contributed by atoms with Crippen LogP contribution in [-0.4, -0.2) is 10.8 Å². The van der Waals surface area contributed by atoms with Gasteiger partial charge in [-0.2, -0.15) is 5.26 Å². The summed E-state index contributed by atoms with van der Waals surface area (Å²) in [7, 11) is 0. The molecule has 33 heavy (non-hydrogen) atoms. The Labute approximate surface area is 195 Å². The number of amides is 1. The molecule has 0 radical (unpaired) electrons. The van der Waals surface area contributed by atoms with Gasteiger partial charge in [0.15, 0.2) is 0 Å². The molecule has 1 aromatic heterocycles. The number of hydrogen-bond donors (Lipinski definition) is 2. The summed E-state index contributed by atoms with van der Waals surface area (Å²) in [5.41, 5.74) is 3.50. The molecule has 0 fully saturated rings. The number of carbonyl (C=O) groups is 1. The Kier molecular flexibility index (Phi) is 7.89. The predicted octanol–water partition coefficient (Wildman–Crippen LogP) is 5.20. The van der Waals surface area contributed by atoms with Crippen LogP contribution in [0.25, 0.3) is 0 Å². The first kappa shape index (κ1) is 23.6. The van der Waals surface area contributed by atoms with E-state index in [9.17, 15) is 20.2 Å². The van der Waals surface area contributed by atoms with E-state index >= 15 is 0 Å². The lowest BCUT2D eigenvalue weighted by molar-refractivity contribution is -0.384. The highest BCUT2D eigenvalue weighted by Crippen LogP contribution is 2.28. The van der Waals surface area contributed by atoms with E-state index in [2.05, 4.69) is 10.6 Å². The molecule has 1 heterocycles. The number of non-ortho nitro benzene ring substituents is 1. The van der Waals surface area contributed by atoms with Crippen molar-refractivity contribution in [3.63, 3.8) is 0 Å². The van der Waals surface area contributed by atoms with Crippen LogP contribution in [0, 0.1) is 35.3 Å². The standard InChI is InChI=1S/C24H22N4O4S/c1-16-8-9-19(11-17(16)2)27-24(33-15-18-5-3-6-20(12-18)28(30)31)22(13-25)23(29)26-14-21-7-4-10-32-21/h3-12,27H,14-15H2,1-2H3,(H,26,29). The molecule has 0 unspecified atom stereocenters. The fraction of sp³-hybridized carbons (Fsp3) is 0.167. The quantitative estimate of drug-likeness (QED) is 0.194. The number of benzene rings is 2. The van der Waals surface area contributed by atoms with E-state index in [1.807, 2.05) is 38.1 Å². The molecule has 2 aromatic carbocycles. The van der Waals surface area contributed by atoms with Crippen LogP contribution in [0.3, 0.4) is 0 Å². The van der Waals surface area contributed by atoms with Gasteiger partial charge in [0.1, 0.15) is 17.4 Å². The Hall–Kier alpha value is -4.03. The van der Waals surface area contributed by atoms with Crippen LogP contribution in [-0.2, 0) is 17.1 Å². The van der Waals surface area contributed by atoms with Crippen LogP contribution < -0.4 is 10.6 Å². The lowest BCUT2D eigenvalue weighted by atomic mass is 10.1. The summed E-state index contributed by atoms with van der Waals surface area (Å²) in [5.74, 6) is 0.339. The zero-order valence-electron chi connectivity index (χ0n) is 18.1. The number of rotatable bonds is 9. The molecule has 168 valence electrons. The van der Waals surface area contributed by atoms with Gasteiger partial charge in [-0.15, -0.1) is 11.8 Å². The van der Waals surface area contributed by atoms with Crippen molar-refractivity contribution in [2.75, 3.05) is 5.32 Å². The third-order valence-corrected chi connectivity index (χ3v) is 5.91. The Bertz CT molecular complexity index is 1230. The number of nitrogens with zero attached hydrogens (tertiary/aromatic N) is 2. The SMILES string of the molecule is Cc1ccc(NC(SCc2cccc([N+](=O)[O-])c2)=C(C#N)C(=O)NCc2ccco2)cc1C. The molecular formula is C24H22N4O4S. The van der Waals surface area contributed by atoms with Gasteiger partial charge in [-0.3, -0.25) is 14.9 Å². The lowest BCUT2D eigenvalue weighted by Gasteiger charge is -2.14. The van der Waals surface area contributed by atoms with Crippen LogP contribution in [0.4, 0.5) is 11.4 Å². The number of nitro benzene ring substituents is 1. The van der Waals surface area contributed by atoms with Crippen molar-refractivity contribution >= 4 is 29.0 Å². The Morgan fingerprint density at radius 2 is 1.97 bits per heavy atom. The molecular weight excluding hydrogens is 440 g/mol. The van der Waals surface area contributed by atoms with E-state index < -0.39 is 10.8 Å². The van der Waals surface area contributed by atoms with E-state index in [4.69, 9.17) is 4.42 Å². The number of carbonyl (C=O) groups excluding carboxylic acids is 1. The molecule has 0 saturated heterocycles. The first-order chi connectivity index (χ1) is 15.9. The molecule has 8 nitrogen and oxygen atoms in total. The molecule has 0 aliphatic heterocycles. The van der Waals surface area contributed by atoms with E-state index in [0.717, 1.165) is 16.8 Å². The van der Waals surface area contributed by atoms with Crippen molar-refractivity contribution in [1.82, 2.24) is 5.32 Å². The van der Waals surface area contributed by atoms with Crippen molar-refractivity contribution in [3.8, 4) is 6.07 Å². The van der Waals surface area contributed by atoms with Crippen LogP contribution in [0.1, 0.15) is 22.5 Å². The molecule has 3 rings (SSSR count). The number of nitrogens with one attached hydrogen (secondary N) is 2. The minimum Gasteiger partial charge on any atom is -0.467 e. The first-order valence-electron chi connectivity index (χ1n) is 10.0. The second-order valence-corrected chi connectivity index (χ2v) is 8.20. The summed E-state index contributed by atoms with van der Waals surface area (Å²) in [6, 6.07) is 17.4. The number of hydrogen-bond acceptors (Lipinski definition) is 7. The summed E-state index contributed by atoms with van der Waals surface area (Å²) in [6.45, 7) is 4.11. The molecule has 1 amide bonds. The summed E-state index contributed by atoms with van der Waals surface area (Å²) in [4.78, 5) is 23.4. The summed E-state index contributed by atoms with van der Waals surface area (Å²) >= 11 is 1.22. The van der Waals surface area contributed by atoms with Crippen molar-refractivity contribution < 1.29 is 14.1 Å². The maximum Gasteiger partial charge on any atom is 0.269 e. The van der Waals surface area contributed by atoms with Crippen molar-refractivity contribution in [2.24, 2.45) is 0 Å². The maximum atomic E-state index is 12.8. The molecule has 2 N–H and O–H groups in total. The summed E-state index contributed by atoms with van der Waals surface area (Å²) < 4.78 is 5.22. The predicted molar refractivity (Wildman–Crippen MR) is 127 cm³/mol. The highest BCUT2D eigenvalue weighted by atomic mass is 32.2. The van der Waals surface area contributed by atoms with Crippen LogP contribution in [0.2, 0.25) is 0 Å². The van der Waals surface area contributed by atoms with Gasteiger partial charge < -0.3 is 15.1 Å². The van der Waals surface area contributed by atoms with E-state index in [1.54, 1.807) is 24.3 Å². The van der Waals surface area contributed by atoms with Gasteiger partial charge in [0.25, 0.3) is 11.6 Å². The Morgan fingerprint density at radius 1 is 1.15 bits per heavy atom. The average Bonchev–Trinajstić information content (AvgIpc) is 3.32. The second kappa shape index (κ2) is 11.0. The van der Waals surface area contributed by atoms with E-state index in [-0.39, 0.29) is 17.8 Å². The normalized spacial score (nSPS) is 11.3. The van der Waals surface area contributed by atoms with Crippen molar-refractivity contribution in [3.05, 3.63) is 104 Å². The lowest BCUT2D eigenvalue weighted by Crippen LogP contribution is -2.25. The topological polar surface area (TPSA) is 121 Å². The number of aryl methyl sites for hydroxylation is 2. The summed E-state index contributed by atoms with van der Waals surface area (Å²) in [6.07, 6.45) is 1.50. The molecule has 0 bridgehead atoms. The largest absolute Gasteiger partial charge is 0.467 e. The third-order valence-electron chi connectivity index (χ3n) is 4.84. The van der Waals surface area contributed by atoms with Crippen LogP contribution in [0.5, 0.6) is 0 Å². The number of nitro groups is 1. The van der Waals surface area contributed by atoms with Gasteiger partial charge in [-0.1, -0.05) is 18.2 Å². The molecule has 9 heteroatoms. The van der Waals surface area contributed by atoms with Crippen molar-refractivity contribution in [2.45, 2.75) is 26.1 Å². The Morgan fingerprint density at radius 3 is 2.64 bits per heavy atom. The molecule has 0 atom stereocenters. The number of nitriles is 1. The third kappa shape index (κ3) is 6.48. The van der Waals surface area contributed by atoms with Gasteiger partial charge in [0.2, 0.25) is 0 Å². The Balaban J connectivity index is 1.87. The number of thioether (sulfide) groups is 1. The van der Waals surface area contributed by atoms with Crippen molar-refractivity contribution in [1.29, 1.82) is 5.26 Å². The number of anilines is 1. The maximum absolute atomic E-state index is 12.8. The van der Waals surface area contributed by atoms with Crippen LogP contribution in [0.15, 0.2) is 75.9 Å². The zero-order chi connectivity index (χ0) is 23.8. The fourth-order valence-electron chi connectivity index (χ4n) is 2.91. The van der Waals surface area contributed by atoms with E-state index in [0.29, 0.717) is 22.1 Å². The van der Waals surface area contributed by atoms with E-state index in [1.165, 1.54) is 30.2 Å². The molecule has 0 aliphatic carbocycles. The second-order valence-electron chi connectivity index (χ2n) is 7.22. The van der Waals surface area contributed by atoms with Gasteiger partial charge in [-0.05, 0) is 54.8 Å².